The zero-order valence-electron chi connectivity index (χ0n) is 29.3. The van der Waals surface area contributed by atoms with Gasteiger partial charge in [0.15, 0.2) is 5.84 Å². The second kappa shape index (κ2) is 13.2. The summed E-state index contributed by atoms with van der Waals surface area (Å²) in [5.74, 6) is 1.63. The third-order valence-electron chi connectivity index (χ3n) is 10.8. The van der Waals surface area contributed by atoms with Crippen molar-refractivity contribution < 1.29 is 0 Å². The summed E-state index contributed by atoms with van der Waals surface area (Å²) < 4.78 is 0. The average Bonchev–Trinajstić information content (AvgIpc) is 3.79. The third-order valence-corrected chi connectivity index (χ3v) is 10.8. The van der Waals surface area contributed by atoms with Crippen LogP contribution in [0, 0.1) is 0 Å². The van der Waals surface area contributed by atoms with Crippen LogP contribution in [0.5, 0.6) is 0 Å². The number of aromatic amines is 1. The number of rotatable bonds is 6. The summed E-state index contributed by atoms with van der Waals surface area (Å²) in [5.41, 5.74) is 13.1. The molecule has 3 aliphatic rings. The second-order valence-corrected chi connectivity index (χ2v) is 14.1. The van der Waals surface area contributed by atoms with Crippen molar-refractivity contribution in [2.45, 2.75) is 31.8 Å². The molecule has 7 aromatic rings. The van der Waals surface area contributed by atoms with Crippen molar-refractivity contribution in [3.05, 3.63) is 185 Å². The molecule has 2 N–H and O–H groups in total. The number of aromatic nitrogens is 2. The lowest BCUT2D eigenvalue weighted by Gasteiger charge is -2.25. The number of allylic oxidation sites excluding steroid dienone is 4. The minimum atomic E-state index is -0.251. The molecule has 2 heterocycles. The highest BCUT2D eigenvalue weighted by Crippen LogP contribution is 2.39. The van der Waals surface area contributed by atoms with Gasteiger partial charge >= 0.3 is 0 Å². The van der Waals surface area contributed by atoms with E-state index in [0.717, 1.165) is 65.2 Å². The minimum Gasteiger partial charge on any atom is -0.344 e. The maximum Gasteiger partial charge on any atom is 0.159 e. The standard InChI is InChI=1S/C48H37N5/c1-3-11-31(12-4-1)46-51-47(32-13-5-2-6-14-32)53-48(52-46)40-26-38(35-21-19-34-24-36(22-20-33(34)23-35)41-29-49-50-30-41)25-39(27-40)45-28-37-15-7-8-16-42(37)43-17-9-10-18-44(43)45/h1-5,7-13,15-19,21,23-30,46H,6,14,20,22H2,(H,49,50)(H,51,52,53). The number of hydrogen-bond acceptors (Lipinski definition) is 4. The molecule has 53 heavy (non-hydrogen) atoms. The Hall–Kier alpha value is -6.59. The van der Waals surface area contributed by atoms with Crippen molar-refractivity contribution in [2.24, 2.45) is 9.98 Å². The monoisotopic (exact) mass is 683 g/mol. The highest BCUT2D eigenvalue weighted by atomic mass is 15.2. The minimum absolute atomic E-state index is 0.251. The number of H-pyrrole nitrogens is 1. The van der Waals surface area contributed by atoms with Crippen molar-refractivity contribution in [2.75, 3.05) is 0 Å². The fourth-order valence-electron chi connectivity index (χ4n) is 8.05. The molecule has 0 spiro atoms. The number of aryl methyl sites for hydroxylation is 1. The molecule has 0 saturated heterocycles. The summed E-state index contributed by atoms with van der Waals surface area (Å²) in [6.45, 7) is 0. The van der Waals surface area contributed by atoms with Gasteiger partial charge in [0.25, 0.3) is 0 Å². The van der Waals surface area contributed by atoms with E-state index in [2.05, 4.69) is 161 Å². The van der Waals surface area contributed by atoms with E-state index in [4.69, 9.17) is 9.98 Å². The van der Waals surface area contributed by atoms with Crippen LogP contribution in [-0.4, -0.2) is 21.9 Å². The van der Waals surface area contributed by atoms with Gasteiger partial charge in [-0.3, -0.25) is 5.10 Å². The predicted octanol–water partition coefficient (Wildman–Crippen LogP) is 11.3. The second-order valence-electron chi connectivity index (χ2n) is 14.1. The van der Waals surface area contributed by atoms with Gasteiger partial charge in [-0.1, -0.05) is 121 Å². The molecule has 1 atom stereocenters. The van der Waals surface area contributed by atoms with E-state index in [1.165, 1.54) is 54.9 Å². The molecule has 1 aromatic heterocycles. The van der Waals surface area contributed by atoms with Crippen molar-refractivity contribution in [3.63, 3.8) is 0 Å². The molecule has 5 nitrogen and oxygen atoms in total. The van der Waals surface area contributed by atoms with E-state index < -0.39 is 0 Å². The number of nitrogens with one attached hydrogen (secondary N) is 2. The first-order chi connectivity index (χ1) is 26.2. The molecule has 6 aromatic carbocycles. The Morgan fingerprint density at radius 1 is 0.623 bits per heavy atom. The first-order valence-corrected chi connectivity index (χ1v) is 18.5. The molecule has 5 heteroatoms. The Kier molecular flexibility index (Phi) is 7.76. The van der Waals surface area contributed by atoms with Gasteiger partial charge in [0.2, 0.25) is 0 Å². The smallest absolute Gasteiger partial charge is 0.159 e. The normalized spacial score (nSPS) is 16.7. The molecule has 0 fully saturated rings. The van der Waals surface area contributed by atoms with Gasteiger partial charge in [-0.2, -0.15) is 5.10 Å². The molecular weight excluding hydrogens is 647 g/mol. The first-order valence-electron chi connectivity index (χ1n) is 18.5. The number of amidine groups is 2. The van der Waals surface area contributed by atoms with Crippen molar-refractivity contribution >= 4 is 44.9 Å². The maximum absolute atomic E-state index is 5.31. The summed E-state index contributed by atoms with van der Waals surface area (Å²) in [5, 5.41) is 15.8. The van der Waals surface area contributed by atoms with Crippen LogP contribution < -0.4 is 5.32 Å². The largest absolute Gasteiger partial charge is 0.344 e. The average molecular weight is 684 g/mol. The lowest BCUT2D eigenvalue weighted by Crippen LogP contribution is -2.34. The summed E-state index contributed by atoms with van der Waals surface area (Å²) >= 11 is 0. The zero-order chi connectivity index (χ0) is 35.1. The van der Waals surface area contributed by atoms with E-state index in [9.17, 15) is 0 Å². The third kappa shape index (κ3) is 5.90. The van der Waals surface area contributed by atoms with Crippen LogP contribution in [0.3, 0.4) is 0 Å². The highest BCUT2D eigenvalue weighted by molar-refractivity contribution is 6.16. The molecule has 0 amide bonds. The van der Waals surface area contributed by atoms with Gasteiger partial charge in [0.1, 0.15) is 12.0 Å². The summed E-state index contributed by atoms with van der Waals surface area (Å²) in [4.78, 5) is 10.6. The molecule has 0 radical (unpaired) electrons. The molecule has 0 bridgehead atoms. The number of fused-ring (bicyclic) bond motifs is 4. The van der Waals surface area contributed by atoms with Crippen LogP contribution >= 0.6 is 0 Å². The van der Waals surface area contributed by atoms with Crippen molar-refractivity contribution in [1.82, 2.24) is 15.5 Å². The fraction of sp³-hybridized carbons (Fsp3) is 0.104. The lowest BCUT2D eigenvalue weighted by atomic mass is 9.86. The SMILES string of the molecule is C1=CCCC(C2=NC(c3cc(-c4ccc5c(c4)CCC(c4cn[nH]c4)=C5)cc(-c4cc5ccccc5c5ccccc45)c3)=NC(c3ccccc3)N2)=C1. The molecule has 10 rings (SSSR count). The molecule has 2 aliphatic carbocycles. The van der Waals surface area contributed by atoms with Gasteiger partial charge in [0.05, 0.1) is 6.20 Å². The fourth-order valence-corrected chi connectivity index (χ4v) is 8.05. The van der Waals surface area contributed by atoms with E-state index in [1.807, 2.05) is 12.4 Å². The first kappa shape index (κ1) is 31.2. The van der Waals surface area contributed by atoms with E-state index in [1.54, 1.807) is 0 Å². The molecule has 254 valence electrons. The van der Waals surface area contributed by atoms with E-state index in [-0.39, 0.29) is 6.17 Å². The molecule has 0 saturated carbocycles. The maximum atomic E-state index is 5.31. The number of hydrogen-bond donors (Lipinski definition) is 2. The Morgan fingerprint density at radius 2 is 1.43 bits per heavy atom. The van der Waals surface area contributed by atoms with Crippen LogP contribution in [0.15, 0.2) is 168 Å². The van der Waals surface area contributed by atoms with Crippen molar-refractivity contribution in [3.8, 4) is 22.3 Å². The number of nitrogens with zero attached hydrogens (tertiary/aromatic N) is 3. The quantitative estimate of drug-likeness (QED) is 0.171. The summed E-state index contributed by atoms with van der Waals surface area (Å²) in [7, 11) is 0. The van der Waals surface area contributed by atoms with Gasteiger partial charge in [-0.25, -0.2) is 9.98 Å². The molecular formula is C48H37N5. The lowest BCUT2D eigenvalue weighted by molar-refractivity contribution is 0.671. The predicted molar refractivity (Wildman–Crippen MR) is 220 cm³/mol. The van der Waals surface area contributed by atoms with Crippen LogP contribution in [0.4, 0.5) is 0 Å². The van der Waals surface area contributed by atoms with Gasteiger partial charge < -0.3 is 5.32 Å². The number of benzene rings is 6. The number of aliphatic imine (C=N–C) groups is 2. The topological polar surface area (TPSA) is 65.4 Å². The summed E-state index contributed by atoms with van der Waals surface area (Å²) in [6.07, 6.45) is 16.4. The van der Waals surface area contributed by atoms with Crippen LogP contribution in [0.25, 0.3) is 55.4 Å². The molecule has 1 unspecified atom stereocenters. The summed E-state index contributed by atoms with van der Waals surface area (Å²) in [6, 6.07) is 44.1. The van der Waals surface area contributed by atoms with Crippen LogP contribution in [-0.2, 0) is 6.42 Å². The Morgan fingerprint density at radius 3 is 2.28 bits per heavy atom. The van der Waals surface area contributed by atoms with Crippen LogP contribution in [0.1, 0.15) is 53.2 Å². The van der Waals surface area contributed by atoms with E-state index >= 15 is 0 Å². The van der Waals surface area contributed by atoms with Crippen LogP contribution in [0.2, 0.25) is 0 Å². The van der Waals surface area contributed by atoms with Crippen molar-refractivity contribution in [1.29, 1.82) is 0 Å². The Balaban J connectivity index is 1.17. The van der Waals surface area contributed by atoms with E-state index in [0.29, 0.717) is 0 Å². The molecule has 1 aliphatic heterocycles. The Labute approximate surface area is 308 Å². The van der Waals surface area contributed by atoms with Gasteiger partial charge in [-0.15, -0.1) is 0 Å². The van der Waals surface area contributed by atoms with Gasteiger partial charge in [0, 0.05) is 17.3 Å². The zero-order valence-corrected chi connectivity index (χ0v) is 29.3. The van der Waals surface area contributed by atoms with Gasteiger partial charge in [-0.05, 0) is 122 Å². The highest BCUT2D eigenvalue weighted by Gasteiger charge is 2.24. The Bertz CT molecular complexity index is 2690.